The molecule has 0 saturated carbocycles. The maximum absolute atomic E-state index is 12.3. The van der Waals surface area contributed by atoms with Crippen LogP contribution in [0.25, 0.3) is 6.08 Å². The Balaban J connectivity index is 1.75. The normalized spacial score (nSPS) is 23.4. The summed E-state index contributed by atoms with van der Waals surface area (Å²) in [5, 5.41) is 3.27. The van der Waals surface area contributed by atoms with Gasteiger partial charge in [0.15, 0.2) is 0 Å². The third kappa shape index (κ3) is 2.30. The van der Waals surface area contributed by atoms with Crippen LogP contribution in [0.4, 0.5) is 5.69 Å². The number of anilines is 1. The van der Waals surface area contributed by atoms with Crippen LogP contribution in [0.1, 0.15) is 50.3 Å². The minimum atomic E-state index is -0.523. The highest BCUT2D eigenvalue weighted by Gasteiger charge is 2.59. The number of nitrogens with zero attached hydrogens (tertiary/aromatic N) is 1. The van der Waals surface area contributed by atoms with Crippen LogP contribution in [0.2, 0.25) is 0 Å². The average Bonchev–Trinajstić information content (AvgIpc) is 3.05. The molecular formula is C23H26N2O. The van der Waals surface area contributed by atoms with Crippen LogP contribution < -0.4 is 10.2 Å². The van der Waals surface area contributed by atoms with Gasteiger partial charge in [-0.05, 0) is 34.8 Å². The van der Waals surface area contributed by atoms with Gasteiger partial charge in [0.25, 0.3) is 0 Å². The van der Waals surface area contributed by atoms with E-state index in [1.165, 1.54) is 11.1 Å². The van der Waals surface area contributed by atoms with Crippen molar-refractivity contribution in [3.8, 4) is 0 Å². The second-order valence-electron chi connectivity index (χ2n) is 8.20. The van der Waals surface area contributed by atoms with E-state index in [4.69, 9.17) is 0 Å². The van der Waals surface area contributed by atoms with E-state index in [-0.39, 0.29) is 11.3 Å². The second-order valence-corrected chi connectivity index (χ2v) is 8.20. The molecule has 1 fully saturated rings. The Labute approximate surface area is 155 Å². The van der Waals surface area contributed by atoms with Crippen molar-refractivity contribution in [1.29, 1.82) is 0 Å². The molecule has 0 spiro atoms. The fourth-order valence-corrected chi connectivity index (χ4v) is 4.35. The Morgan fingerprint density at radius 1 is 1.08 bits per heavy atom. The first-order valence-electron chi connectivity index (χ1n) is 9.32. The topological polar surface area (TPSA) is 32.3 Å². The van der Waals surface area contributed by atoms with Gasteiger partial charge in [-0.25, -0.2) is 0 Å². The molecule has 2 heterocycles. The summed E-state index contributed by atoms with van der Waals surface area (Å²) in [6.45, 7) is 9.23. The first-order valence-corrected chi connectivity index (χ1v) is 9.32. The van der Waals surface area contributed by atoms with Gasteiger partial charge in [-0.2, -0.15) is 0 Å². The van der Waals surface area contributed by atoms with Crippen molar-refractivity contribution >= 4 is 17.7 Å². The molecule has 2 aliphatic heterocycles. The van der Waals surface area contributed by atoms with Gasteiger partial charge >= 0.3 is 0 Å². The van der Waals surface area contributed by atoms with Gasteiger partial charge in [-0.1, -0.05) is 76.2 Å². The number of benzene rings is 2. The number of nitrogens with one attached hydrogen (secondary N) is 1. The molecule has 0 radical (unpaired) electrons. The predicted octanol–water partition coefficient (Wildman–Crippen LogP) is 4.45. The monoisotopic (exact) mass is 346 g/mol. The minimum absolute atomic E-state index is 0.0763. The molecule has 1 saturated heterocycles. The Bertz CT molecular complexity index is 879. The number of rotatable bonds is 3. The molecule has 26 heavy (non-hydrogen) atoms. The van der Waals surface area contributed by atoms with Crippen LogP contribution >= 0.6 is 0 Å². The van der Waals surface area contributed by atoms with Gasteiger partial charge in [-0.3, -0.25) is 4.79 Å². The van der Waals surface area contributed by atoms with Gasteiger partial charge < -0.3 is 10.2 Å². The third-order valence-electron chi connectivity index (χ3n) is 6.00. The van der Waals surface area contributed by atoms with Gasteiger partial charge in [-0.15, -0.1) is 0 Å². The Morgan fingerprint density at radius 2 is 1.77 bits per heavy atom. The quantitative estimate of drug-likeness (QED) is 0.891. The van der Waals surface area contributed by atoms with E-state index in [0.717, 1.165) is 11.3 Å². The molecule has 2 aromatic rings. The first-order chi connectivity index (χ1) is 12.3. The van der Waals surface area contributed by atoms with Crippen molar-refractivity contribution in [3.63, 3.8) is 0 Å². The SMILES string of the molecule is CC(C)c1ccc(/C=C\[C@@]23NC(=O)CN2c2ccccc2C3(C)C)cc1. The minimum Gasteiger partial charge on any atom is -0.335 e. The second kappa shape index (κ2) is 5.73. The number of amides is 1. The van der Waals surface area contributed by atoms with Gasteiger partial charge in [0.2, 0.25) is 5.91 Å². The largest absolute Gasteiger partial charge is 0.335 e. The van der Waals surface area contributed by atoms with Crippen LogP contribution in [0, 0.1) is 0 Å². The molecule has 0 aromatic heterocycles. The van der Waals surface area contributed by atoms with Crippen molar-refractivity contribution < 1.29 is 4.79 Å². The van der Waals surface area contributed by atoms with Gasteiger partial charge in [0.05, 0.1) is 6.54 Å². The summed E-state index contributed by atoms with van der Waals surface area (Å²) in [6.07, 6.45) is 4.30. The zero-order valence-electron chi connectivity index (χ0n) is 15.9. The van der Waals surface area contributed by atoms with Crippen molar-refractivity contribution in [2.75, 3.05) is 11.4 Å². The molecule has 4 rings (SSSR count). The lowest BCUT2D eigenvalue weighted by atomic mass is 9.75. The van der Waals surface area contributed by atoms with Crippen LogP contribution in [-0.2, 0) is 10.2 Å². The molecular weight excluding hydrogens is 320 g/mol. The van der Waals surface area contributed by atoms with E-state index in [1.807, 2.05) is 6.07 Å². The maximum Gasteiger partial charge on any atom is 0.241 e. The summed E-state index contributed by atoms with van der Waals surface area (Å²) in [4.78, 5) is 14.5. The van der Waals surface area contributed by atoms with Crippen LogP contribution in [-0.4, -0.2) is 18.1 Å². The number of hydrogen-bond donors (Lipinski definition) is 1. The molecule has 134 valence electrons. The molecule has 1 atom stereocenters. The molecule has 0 unspecified atom stereocenters. The van der Waals surface area contributed by atoms with Crippen molar-refractivity contribution in [3.05, 3.63) is 71.3 Å². The van der Waals surface area contributed by atoms with Crippen molar-refractivity contribution in [1.82, 2.24) is 5.32 Å². The molecule has 0 bridgehead atoms. The highest BCUT2D eigenvalue weighted by atomic mass is 16.2. The third-order valence-corrected chi connectivity index (χ3v) is 6.00. The fraction of sp³-hybridized carbons (Fsp3) is 0.348. The predicted molar refractivity (Wildman–Crippen MR) is 107 cm³/mol. The first kappa shape index (κ1) is 16.9. The summed E-state index contributed by atoms with van der Waals surface area (Å²) in [7, 11) is 0. The number of carbonyl (C=O) groups excluding carboxylic acids is 1. The van der Waals surface area contributed by atoms with E-state index in [9.17, 15) is 4.79 Å². The van der Waals surface area contributed by atoms with Crippen LogP contribution in [0.5, 0.6) is 0 Å². The van der Waals surface area contributed by atoms with E-state index < -0.39 is 5.66 Å². The summed E-state index contributed by atoms with van der Waals surface area (Å²) in [6, 6.07) is 17.1. The summed E-state index contributed by atoms with van der Waals surface area (Å²) in [5.74, 6) is 0.604. The lowest BCUT2D eigenvalue weighted by molar-refractivity contribution is -0.118. The molecule has 1 N–H and O–H groups in total. The molecule has 2 aliphatic rings. The molecule has 2 aromatic carbocycles. The van der Waals surface area contributed by atoms with Gasteiger partial charge in [0.1, 0.15) is 5.66 Å². The zero-order valence-corrected chi connectivity index (χ0v) is 15.9. The Morgan fingerprint density at radius 3 is 2.46 bits per heavy atom. The highest BCUT2D eigenvalue weighted by molar-refractivity contribution is 5.91. The average molecular weight is 346 g/mol. The van der Waals surface area contributed by atoms with Crippen molar-refractivity contribution in [2.45, 2.75) is 44.7 Å². The van der Waals surface area contributed by atoms with E-state index in [1.54, 1.807) is 0 Å². The number of fused-ring (bicyclic) bond motifs is 3. The fourth-order valence-electron chi connectivity index (χ4n) is 4.35. The van der Waals surface area contributed by atoms with E-state index in [2.05, 4.69) is 92.5 Å². The van der Waals surface area contributed by atoms with E-state index in [0.29, 0.717) is 12.5 Å². The van der Waals surface area contributed by atoms with Crippen LogP contribution in [0.15, 0.2) is 54.6 Å². The standard InChI is InChI=1S/C23H26N2O/c1-16(2)18-11-9-17(10-12-18)13-14-23-22(3,4)19-7-5-6-8-20(19)25(23)15-21(26)24-23/h5-14,16H,15H2,1-4H3,(H,24,26)/b14-13-/t23-/m1/s1. The molecule has 3 heteroatoms. The molecule has 0 aliphatic carbocycles. The molecule has 3 nitrogen and oxygen atoms in total. The summed E-state index contributed by atoms with van der Waals surface area (Å²) in [5.41, 5.74) is 4.17. The number of carbonyl (C=O) groups is 1. The lowest BCUT2D eigenvalue weighted by Gasteiger charge is -2.40. The Kier molecular flexibility index (Phi) is 3.72. The Hall–Kier alpha value is -2.55. The summed E-state index contributed by atoms with van der Waals surface area (Å²) < 4.78 is 0. The summed E-state index contributed by atoms with van der Waals surface area (Å²) >= 11 is 0. The van der Waals surface area contributed by atoms with Gasteiger partial charge in [0, 0.05) is 11.1 Å². The maximum atomic E-state index is 12.3. The number of para-hydroxylation sites is 1. The number of hydrogen-bond acceptors (Lipinski definition) is 2. The zero-order chi connectivity index (χ0) is 18.5. The van der Waals surface area contributed by atoms with Crippen LogP contribution in [0.3, 0.4) is 0 Å². The van der Waals surface area contributed by atoms with E-state index >= 15 is 0 Å². The smallest absolute Gasteiger partial charge is 0.241 e. The molecule has 1 amide bonds. The van der Waals surface area contributed by atoms with Crippen molar-refractivity contribution in [2.24, 2.45) is 0 Å². The highest BCUT2D eigenvalue weighted by Crippen LogP contribution is 2.52. The lowest BCUT2D eigenvalue weighted by Crippen LogP contribution is -2.58.